The second-order valence-corrected chi connectivity index (χ2v) is 6.77. The minimum atomic E-state index is -0.240. The average molecular weight is 343 g/mol. The molecule has 1 aliphatic heterocycles. The molecule has 1 saturated heterocycles. The molecule has 126 valence electrons. The van der Waals surface area contributed by atoms with Crippen molar-refractivity contribution in [3.05, 3.63) is 52.7 Å². The number of piperidine rings is 1. The fraction of sp³-hybridized carbons (Fsp3) is 0.333. The maximum atomic E-state index is 12.6. The van der Waals surface area contributed by atoms with E-state index in [4.69, 9.17) is 0 Å². The zero-order valence-electron chi connectivity index (χ0n) is 13.4. The van der Waals surface area contributed by atoms with Gasteiger partial charge in [0.1, 0.15) is 0 Å². The number of hydrogen-bond donors (Lipinski definition) is 2. The van der Waals surface area contributed by atoms with Crippen LogP contribution >= 0.6 is 11.3 Å². The van der Waals surface area contributed by atoms with Crippen LogP contribution in [0, 0.1) is 0 Å². The molecule has 2 heterocycles. The van der Waals surface area contributed by atoms with Gasteiger partial charge in [0.2, 0.25) is 0 Å². The number of anilines is 1. The third kappa shape index (κ3) is 4.14. The van der Waals surface area contributed by atoms with E-state index in [0.717, 1.165) is 36.4 Å². The van der Waals surface area contributed by atoms with E-state index in [1.54, 1.807) is 0 Å². The van der Waals surface area contributed by atoms with Crippen LogP contribution in [0.3, 0.4) is 0 Å². The van der Waals surface area contributed by atoms with Gasteiger partial charge in [0.05, 0.1) is 4.88 Å². The molecule has 0 spiro atoms. The standard InChI is InChI=1S/C18H21N3O2S/c22-17(16-10-6-12-24-16)21-11-5-4-9-15(21)13-19-18(23)20-14-7-2-1-3-8-14/h1-3,6-8,10,12,15H,4-5,9,11,13H2,(H2,19,20,23)/t15-/m1/s1. The Kier molecular flexibility index (Phi) is 5.48. The number of carbonyl (C=O) groups excluding carboxylic acids is 2. The molecule has 0 radical (unpaired) electrons. The van der Waals surface area contributed by atoms with E-state index in [1.807, 2.05) is 52.7 Å². The number of thiophene rings is 1. The Bertz CT molecular complexity index is 673. The molecule has 1 aromatic carbocycles. The van der Waals surface area contributed by atoms with Gasteiger partial charge in [-0.2, -0.15) is 0 Å². The van der Waals surface area contributed by atoms with Crippen LogP contribution in [0.4, 0.5) is 10.5 Å². The number of para-hydroxylation sites is 1. The van der Waals surface area contributed by atoms with Gasteiger partial charge in [-0.15, -0.1) is 11.3 Å². The van der Waals surface area contributed by atoms with Crippen LogP contribution in [0.5, 0.6) is 0 Å². The number of urea groups is 1. The molecule has 3 amide bonds. The summed E-state index contributed by atoms with van der Waals surface area (Å²) < 4.78 is 0. The number of rotatable bonds is 4. The van der Waals surface area contributed by atoms with Crippen molar-refractivity contribution in [1.29, 1.82) is 0 Å². The molecule has 6 heteroatoms. The lowest BCUT2D eigenvalue weighted by Crippen LogP contribution is -2.49. The van der Waals surface area contributed by atoms with Crippen molar-refractivity contribution >= 4 is 29.0 Å². The van der Waals surface area contributed by atoms with Crippen LogP contribution in [-0.2, 0) is 0 Å². The third-order valence-electron chi connectivity index (χ3n) is 4.15. The Hall–Kier alpha value is -2.34. The molecule has 1 atom stereocenters. The summed E-state index contributed by atoms with van der Waals surface area (Å²) in [5.74, 6) is 0.0694. The average Bonchev–Trinajstić information content (AvgIpc) is 3.15. The lowest BCUT2D eigenvalue weighted by Gasteiger charge is -2.35. The molecule has 0 aliphatic carbocycles. The molecule has 24 heavy (non-hydrogen) atoms. The first-order chi connectivity index (χ1) is 11.7. The predicted octanol–water partition coefficient (Wildman–Crippen LogP) is 3.56. The largest absolute Gasteiger partial charge is 0.336 e. The molecule has 1 aliphatic rings. The summed E-state index contributed by atoms with van der Waals surface area (Å²) in [4.78, 5) is 27.3. The lowest BCUT2D eigenvalue weighted by molar-refractivity contribution is 0.0620. The minimum absolute atomic E-state index is 0.0508. The topological polar surface area (TPSA) is 61.4 Å². The summed E-state index contributed by atoms with van der Waals surface area (Å²) >= 11 is 1.46. The number of benzene rings is 1. The molecule has 1 fully saturated rings. The van der Waals surface area contributed by atoms with Crippen LogP contribution in [-0.4, -0.2) is 36.0 Å². The van der Waals surface area contributed by atoms with Gasteiger partial charge in [0.25, 0.3) is 5.91 Å². The Labute approximate surface area is 145 Å². The highest BCUT2D eigenvalue weighted by atomic mass is 32.1. The number of carbonyl (C=O) groups is 2. The molecule has 1 aromatic heterocycles. The van der Waals surface area contributed by atoms with Gasteiger partial charge >= 0.3 is 6.03 Å². The van der Waals surface area contributed by atoms with Crippen LogP contribution in [0.2, 0.25) is 0 Å². The zero-order valence-corrected chi connectivity index (χ0v) is 14.2. The van der Waals surface area contributed by atoms with Gasteiger partial charge in [-0.1, -0.05) is 24.3 Å². The maximum absolute atomic E-state index is 12.6. The quantitative estimate of drug-likeness (QED) is 0.891. The Balaban J connectivity index is 1.56. The van der Waals surface area contributed by atoms with E-state index in [9.17, 15) is 9.59 Å². The molecule has 0 unspecified atom stereocenters. The first-order valence-corrected chi connectivity index (χ1v) is 9.06. The van der Waals surface area contributed by atoms with Crippen LogP contribution in [0.15, 0.2) is 47.8 Å². The number of nitrogens with zero attached hydrogens (tertiary/aromatic N) is 1. The third-order valence-corrected chi connectivity index (χ3v) is 5.01. The van der Waals surface area contributed by atoms with E-state index in [2.05, 4.69) is 10.6 Å². The van der Waals surface area contributed by atoms with Gasteiger partial charge < -0.3 is 15.5 Å². The first kappa shape index (κ1) is 16.5. The van der Waals surface area contributed by atoms with Gasteiger partial charge in [0, 0.05) is 24.8 Å². The SMILES string of the molecule is O=C(NC[C@H]1CCCCN1C(=O)c1cccs1)Nc1ccccc1. The summed E-state index contributed by atoms with van der Waals surface area (Å²) in [5.41, 5.74) is 0.755. The van der Waals surface area contributed by atoms with Crippen LogP contribution in [0.25, 0.3) is 0 Å². The van der Waals surface area contributed by atoms with E-state index < -0.39 is 0 Å². The number of amides is 3. The van der Waals surface area contributed by atoms with Crippen molar-refractivity contribution in [3.63, 3.8) is 0 Å². The molecule has 0 bridgehead atoms. The van der Waals surface area contributed by atoms with Crippen LogP contribution in [0.1, 0.15) is 28.9 Å². The number of hydrogen-bond acceptors (Lipinski definition) is 3. The monoisotopic (exact) mass is 343 g/mol. The van der Waals surface area contributed by atoms with Gasteiger partial charge in [0.15, 0.2) is 0 Å². The minimum Gasteiger partial charge on any atom is -0.336 e. The summed E-state index contributed by atoms with van der Waals surface area (Å²) in [6, 6.07) is 12.9. The van der Waals surface area contributed by atoms with Gasteiger partial charge in [-0.3, -0.25) is 4.79 Å². The van der Waals surface area contributed by atoms with Crippen molar-refractivity contribution in [1.82, 2.24) is 10.2 Å². The van der Waals surface area contributed by atoms with Gasteiger partial charge in [-0.25, -0.2) is 4.79 Å². The fourth-order valence-corrected chi connectivity index (χ4v) is 3.61. The smallest absolute Gasteiger partial charge is 0.319 e. The maximum Gasteiger partial charge on any atom is 0.319 e. The lowest BCUT2D eigenvalue weighted by atomic mass is 10.0. The number of likely N-dealkylation sites (tertiary alicyclic amines) is 1. The Morgan fingerprint density at radius 3 is 2.71 bits per heavy atom. The molecule has 2 aromatic rings. The van der Waals surface area contributed by atoms with E-state index >= 15 is 0 Å². The normalized spacial score (nSPS) is 17.3. The number of nitrogens with one attached hydrogen (secondary N) is 2. The first-order valence-electron chi connectivity index (χ1n) is 8.18. The van der Waals surface area contributed by atoms with E-state index in [-0.39, 0.29) is 18.0 Å². The Morgan fingerprint density at radius 2 is 1.96 bits per heavy atom. The molecule has 5 nitrogen and oxygen atoms in total. The van der Waals surface area contributed by atoms with Crippen molar-refractivity contribution in [2.45, 2.75) is 25.3 Å². The highest BCUT2D eigenvalue weighted by molar-refractivity contribution is 7.12. The molecule has 2 N–H and O–H groups in total. The van der Waals surface area contributed by atoms with Crippen molar-refractivity contribution in [2.75, 3.05) is 18.4 Å². The predicted molar refractivity (Wildman–Crippen MR) is 96.5 cm³/mol. The fourth-order valence-electron chi connectivity index (χ4n) is 2.93. The van der Waals surface area contributed by atoms with E-state index in [0.29, 0.717) is 6.54 Å². The second-order valence-electron chi connectivity index (χ2n) is 5.83. The summed E-state index contributed by atoms with van der Waals surface area (Å²) in [6.45, 7) is 1.22. The summed E-state index contributed by atoms with van der Waals surface area (Å²) in [5, 5.41) is 7.61. The Morgan fingerprint density at radius 1 is 1.12 bits per heavy atom. The van der Waals surface area contributed by atoms with Crippen molar-refractivity contribution in [2.24, 2.45) is 0 Å². The van der Waals surface area contributed by atoms with Gasteiger partial charge in [-0.05, 0) is 42.8 Å². The molecular formula is C18H21N3O2S. The zero-order chi connectivity index (χ0) is 16.8. The highest BCUT2D eigenvalue weighted by Crippen LogP contribution is 2.21. The summed E-state index contributed by atoms with van der Waals surface area (Å²) in [7, 11) is 0. The summed E-state index contributed by atoms with van der Waals surface area (Å²) in [6.07, 6.45) is 3.02. The van der Waals surface area contributed by atoms with Crippen molar-refractivity contribution in [3.8, 4) is 0 Å². The van der Waals surface area contributed by atoms with E-state index in [1.165, 1.54) is 11.3 Å². The highest BCUT2D eigenvalue weighted by Gasteiger charge is 2.28. The molecular weight excluding hydrogens is 322 g/mol. The second kappa shape index (κ2) is 7.97. The van der Waals surface area contributed by atoms with Crippen LogP contribution < -0.4 is 10.6 Å². The molecule has 0 saturated carbocycles. The van der Waals surface area contributed by atoms with Crippen molar-refractivity contribution < 1.29 is 9.59 Å². The molecule has 3 rings (SSSR count).